The smallest absolute Gasteiger partial charge is 0.265 e. The Hall–Kier alpha value is -3.07. The molecular weight excluding hydrogens is 322 g/mol. The second-order valence-electron chi connectivity index (χ2n) is 6.26. The fourth-order valence-electron chi connectivity index (χ4n) is 2.70. The van der Waals surface area contributed by atoms with E-state index < -0.39 is 6.10 Å². The second kappa shape index (κ2) is 8.34. The number of hydrogen-bond donors (Lipinski definition) is 1. The number of ether oxygens (including phenoxy) is 1. The molecule has 3 nitrogen and oxygen atoms in total. The summed E-state index contributed by atoms with van der Waals surface area (Å²) >= 11 is 0. The van der Waals surface area contributed by atoms with E-state index in [1.165, 1.54) is 0 Å². The van der Waals surface area contributed by atoms with E-state index >= 15 is 0 Å². The monoisotopic (exact) mass is 345 g/mol. The Bertz CT molecular complexity index is 840. The first kappa shape index (κ1) is 17.7. The number of carbonyl (C=O) groups is 1. The fraction of sp³-hybridized carbons (Fsp3) is 0.174. The molecule has 3 rings (SSSR count). The van der Waals surface area contributed by atoms with Gasteiger partial charge in [-0.25, -0.2) is 0 Å². The van der Waals surface area contributed by atoms with Gasteiger partial charge >= 0.3 is 0 Å². The van der Waals surface area contributed by atoms with Crippen molar-refractivity contribution in [1.82, 2.24) is 0 Å². The van der Waals surface area contributed by atoms with Crippen LogP contribution in [-0.4, -0.2) is 12.0 Å². The second-order valence-corrected chi connectivity index (χ2v) is 6.26. The molecule has 0 aromatic heterocycles. The van der Waals surface area contributed by atoms with Crippen molar-refractivity contribution in [2.24, 2.45) is 0 Å². The van der Waals surface area contributed by atoms with Gasteiger partial charge in [0.15, 0.2) is 6.10 Å². The quantitative estimate of drug-likeness (QED) is 0.644. The predicted octanol–water partition coefficient (Wildman–Crippen LogP) is 5.46. The van der Waals surface area contributed by atoms with Crippen LogP contribution in [0.1, 0.15) is 18.9 Å². The predicted molar refractivity (Wildman–Crippen MR) is 106 cm³/mol. The minimum Gasteiger partial charge on any atom is -0.481 e. The van der Waals surface area contributed by atoms with E-state index in [9.17, 15) is 4.79 Å². The first-order chi connectivity index (χ1) is 12.7. The highest BCUT2D eigenvalue weighted by Crippen LogP contribution is 2.23. The molecule has 26 heavy (non-hydrogen) atoms. The van der Waals surface area contributed by atoms with E-state index in [2.05, 4.69) is 17.4 Å². The molecule has 0 spiro atoms. The molecule has 1 N–H and O–H groups in total. The van der Waals surface area contributed by atoms with Gasteiger partial charge in [-0.15, -0.1) is 0 Å². The van der Waals surface area contributed by atoms with Crippen molar-refractivity contribution in [3.05, 3.63) is 84.4 Å². The van der Waals surface area contributed by atoms with Crippen LogP contribution in [0.2, 0.25) is 0 Å². The first-order valence-corrected chi connectivity index (χ1v) is 8.85. The molecule has 1 amide bonds. The van der Waals surface area contributed by atoms with Crippen LogP contribution in [0.25, 0.3) is 11.1 Å². The molecule has 0 saturated carbocycles. The summed E-state index contributed by atoms with van der Waals surface area (Å²) in [6, 6.07) is 25.7. The zero-order valence-electron chi connectivity index (χ0n) is 15.1. The zero-order chi connectivity index (χ0) is 18.4. The number of aryl methyl sites for hydroxylation is 1. The van der Waals surface area contributed by atoms with Gasteiger partial charge in [0.05, 0.1) is 0 Å². The van der Waals surface area contributed by atoms with Crippen molar-refractivity contribution in [3.63, 3.8) is 0 Å². The van der Waals surface area contributed by atoms with Crippen molar-refractivity contribution in [3.8, 4) is 16.9 Å². The maximum Gasteiger partial charge on any atom is 0.265 e. The highest BCUT2D eigenvalue weighted by atomic mass is 16.5. The Balaban J connectivity index is 1.65. The molecule has 3 heteroatoms. The lowest BCUT2D eigenvalue weighted by molar-refractivity contribution is -0.122. The molecular formula is C23H23NO2. The summed E-state index contributed by atoms with van der Waals surface area (Å²) in [5, 5.41) is 2.91. The van der Waals surface area contributed by atoms with Crippen molar-refractivity contribution in [2.45, 2.75) is 26.4 Å². The van der Waals surface area contributed by atoms with Crippen molar-refractivity contribution in [2.75, 3.05) is 5.32 Å². The largest absolute Gasteiger partial charge is 0.481 e. The molecule has 132 valence electrons. The topological polar surface area (TPSA) is 38.3 Å². The molecule has 0 bridgehead atoms. The summed E-state index contributed by atoms with van der Waals surface area (Å²) in [6.07, 6.45) is 0.0666. The number of rotatable bonds is 6. The highest BCUT2D eigenvalue weighted by molar-refractivity contribution is 5.94. The summed E-state index contributed by atoms with van der Waals surface area (Å²) in [5.41, 5.74) is 4.21. The third kappa shape index (κ3) is 4.51. The molecule has 0 aliphatic carbocycles. The number of benzene rings is 3. The molecule has 0 heterocycles. The van der Waals surface area contributed by atoms with Crippen LogP contribution in [0.5, 0.6) is 5.75 Å². The van der Waals surface area contributed by atoms with Gasteiger partial charge in [-0.05, 0) is 48.7 Å². The molecule has 0 aliphatic rings. The van der Waals surface area contributed by atoms with Crippen molar-refractivity contribution >= 4 is 11.6 Å². The third-order valence-corrected chi connectivity index (χ3v) is 4.22. The van der Waals surface area contributed by atoms with E-state index in [4.69, 9.17) is 4.74 Å². The normalized spacial score (nSPS) is 11.6. The molecule has 0 unspecified atom stereocenters. The fourth-order valence-corrected chi connectivity index (χ4v) is 2.70. The molecule has 0 fully saturated rings. The number of anilines is 1. The summed E-state index contributed by atoms with van der Waals surface area (Å²) in [7, 11) is 0. The van der Waals surface area contributed by atoms with Crippen LogP contribution < -0.4 is 10.1 Å². The van der Waals surface area contributed by atoms with Gasteiger partial charge in [0, 0.05) is 5.69 Å². The van der Waals surface area contributed by atoms with Gasteiger partial charge < -0.3 is 10.1 Å². The van der Waals surface area contributed by atoms with E-state index in [1.54, 1.807) is 0 Å². The Labute approximate surface area is 154 Å². The number of carbonyl (C=O) groups excluding carboxylic acids is 1. The Morgan fingerprint density at radius 2 is 1.50 bits per heavy atom. The average molecular weight is 345 g/mol. The van der Waals surface area contributed by atoms with E-state index in [-0.39, 0.29) is 5.91 Å². The van der Waals surface area contributed by atoms with E-state index in [0.717, 1.165) is 22.4 Å². The molecule has 0 aliphatic heterocycles. The summed E-state index contributed by atoms with van der Waals surface area (Å²) in [5.74, 6) is 0.555. The van der Waals surface area contributed by atoms with Gasteiger partial charge in [0.2, 0.25) is 0 Å². The molecule has 3 aromatic carbocycles. The van der Waals surface area contributed by atoms with Crippen molar-refractivity contribution in [1.29, 1.82) is 0 Å². The van der Waals surface area contributed by atoms with Gasteiger partial charge in [0.1, 0.15) is 5.75 Å². The Morgan fingerprint density at radius 3 is 2.12 bits per heavy atom. The minimum atomic E-state index is -0.529. The standard InChI is InChI=1S/C23H23NO2/c1-3-22(23(25)24-20-13-9-17(2)10-14-20)26-21-15-11-19(12-16-21)18-7-5-4-6-8-18/h4-16,22H,3H2,1-2H3,(H,24,25)/t22-/m0/s1. The molecule has 0 radical (unpaired) electrons. The van der Waals surface area contributed by atoms with Crippen LogP contribution in [0.15, 0.2) is 78.9 Å². The number of nitrogens with one attached hydrogen (secondary N) is 1. The maximum atomic E-state index is 12.5. The summed E-state index contributed by atoms with van der Waals surface area (Å²) in [4.78, 5) is 12.5. The van der Waals surface area contributed by atoms with Gasteiger partial charge in [0.25, 0.3) is 5.91 Å². The van der Waals surface area contributed by atoms with Crippen LogP contribution >= 0.6 is 0 Å². The molecule has 3 aromatic rings. The van der Waals surface area contributed by atoms with Crippen LogP contribution in [0.3, 0.4) is 0 Å². The zero-order valence-corrected chi connectivity index (χ0v) is 15.1. The van der Waals surface area contributed by atoms with E-state index in [1.807, 2.05) is 80.6 Å². The van der Waals surface area contributed by atoms with Crippen LogP contribution in [0.4, 0.5) is 5.69 Å². The van der Waals surface area contributed by atoms with Gasteiger partial charge in [-0.1, -0.05) is 67.1 Å². The maximum absolute atomic E-state index is 12.5. The first-order valence-electron chi connectivity index (χ1n) is 8.85. The lowest BCUT2D eigenvalue weighted by Gasteiger charge is -2.17. The van der Waals surface area contributed by atoms with E-state index in [0.29, 0.717) is 12.2 Å². The van der Waals surface area contributed by atoms with Crippen LogP contribution in [-0.2, 0) is 4.79 Å². The number of hydrogen-bond acceptors (Lipinski definition) is 2. The lowest BCUT2D eigenvalue weighted by Crippen LogP contribution is -2.32. The van der Waals surface area contributed by atoms with Crippen LogP contribution in [0, 0.1) is 6.92 Å². The Morgan fingerprint density at radius 1 is 0.885 bits per heavy atom. The minimum absolute atomic E-state index is 0.136. The lowest BCUT2D eigenvalue weighted by atomic mass is 10.1. The number of amides is 1. The third-order valence-electron chi connectivity index (χ3n) is 4.22. The average Bonchev–Trinajstić information content (AvgIpc) is 2.69. The Kier molecular flexibility index (Phi) is 5.69. The molecule has 0 saturated heterocycles. The summed E-state index contributed by atoms with van der Waals surface area (Å²) in [6.45, 7) is 3.96. The van der Waals surface area contributed by atoms with Crippen molar-refractivity contribution < 1.29 is 9.53 Å². The van der Waals surface area contributed by atoms with Gasteiger partial charge in [-0.3, -0.25) is 4.79 Å². The molecule has 1 atom stereocenters. The van der Waals surface area contributed by atoms with Gasteiger partial charge in [-0.2, -0.15) is 0 Å². The SMILES string of the molecule is CC[C@H](Oc1ccc(-c2ccccc2)cc1)C(=O)Nc1ccc(C)cc1. The highest BCUT2D eigenvalue weighted by Gasteiger charge is 2.18. The summed E-state index contributed by atoms with van der Waals surface area (Å²) < 4.78 is 5.90.